The molecule has 0 aromatic heterocycles. The van der Waals surface area contributed by atoms with E-state index in [4.69, 9.17) is 4.74 Å². The molecule has 1 heterocycles. The summed E-state index contributed by atoms with van der Waals surface area (Å²) in [5.74, 6) is 0. The molecule has 1 aliphatic rings. The number of carbonyl (C=O) groups is 1. The van der Waals surface area contributed by atoms with Gasteiger partial charge in [-0.3, -0.25) is 0 Å². The van der Waals surface area contributed by atoms with Gasteiger partial charge in [0.25, 0.3) is 0 Å². The van der Waals surface area contributed by atoms with Crippen molar-refractivity contribution in [1.29, 1.82) is 0 Å². The Kier molecular flexibility index (Phi) is 4.57. The highest BCUT2D eigenvalue weighted by atomic mass is 16.6. The van der Waals surface area contributed by atoms with Gasteiger partial charge in [-0.25, -0.2) is 4.79 Å². The molecule has 1 fully saturated rings. The molecule has 0 aromatic rings. The van der Waals surface area contributed by atoms with Gasteiger partial charge in [-0.1, -0.05) is 6.08 Å². The second kappa shape index (κ2) is 5.54. The molecule has 98 valence electrons. The smallest absolute Gasteiger partial charge is 0.408 e. The molecule has 0 spiro atoms. The molecule has 1 unspecified atom stereocenters. The van der Waals surface area contributed by atoms with E-state index in [1.165, 1.54) is 0 Å². The van der Waals surface area contributed by atoms with Gasteiger partial charge in [-0.05, 0) is 46.6 Å². The maximum atomic E-state index is 11.8. The van der Waals surface area contributed by atoms with Crippen LogP contribution in [0, 0.1) is 0 Å². The fourth-order valence-electron chi connectivity index (χ4n) is 2.10. The SMILES string of the molecule is C=CCC1(NC(=O)OC(C)(C)C)CCCNC1. The number of nitrogens with one attached hydrogen (secondary N) is 2. The maximum Gasteiger partial charge on any atom is 0.408 e. The first-order valence-corrected chi connectivity index (χ1v) is 6.20. The number of carbonyl (C=O) groups excluding carboxylic acids is 1. The van der Waals surface area contributed by atoms with E-state index >= 15 is 0 Å². The molecule has 1 aliphatic heterocycles. The van der Waals surface area contributed by atoms with Crippen LogP contribution in [0.4, 0.5) is 4.79 Å². The summed E-state index contributed by atoms with van der Waals surface area (Å²) in [5.41, 5.74) is -0.691. The van der Waals surface area contributed by atoms with Crippen LogP contribution in [0.5, 0.6) is 0 Å². The topological polar surface area (TPSA) is 50.4 Å². The molecule has 2 N–H and O–H groups in total. The molecule has 1 atom stereocenters. The van der Waals surface area contributed by atoms with Crippen molar-refractivity contribution in [2.45, 2.75) is 51.2 Å². The van der Waals surface area contributed by atoms with Crippen molar-refractivity contribution in [2.75, 3.05) is 13.1 Å². The second-order valence-electron chi connectivity index (χ2n) is 5.68. The minimum Gasteiger partial charge on any atom is -0.444 e. The van der Waals surface area contributed by atoms with Crippen LogP contribution >= 0.6 is 0 Å². The fraction of sp³-hybridized carbons (Fsp3) is 0.769. The van der Waals surface area contributed by atoms with E-state index in [-0.39, 0.29) is 11.6 Å². The van der Waals surface area contributed by atoms with Gasteiger partial charge >= 0.3 is 6.09 Å². The Labute approximate surface area is 104 Å². The van der Waals surface area contributed by atoms with Crippen molar-refractivity contribution in [1.82, 2.24) is 10.6 Å². The van der Waals surface area contributed by atoms with Crippen LogP contribution in [-0.2, 0) is 4.74 Å². The Morgan fingerprint density at radius 2 is 2.29 bits per heavy atom. The van der Waals surface area contributed by atoms with Crippen LogP contribution in [0.15, 0.2) is 12.7 Å². The number of ether oxygens (including phenoxy) is 1. The van der Waals surface area contributed by atoms with Crippen LogP contribution in [0.3, 0.4) is 0 Å². The zero-order valence-corrected chi connectivity index (χ0v) is 11.1. The van der Waals surface area contributed by atoms with Crippen molar-refractivity contribution in [3.8, 4) is 0 Å². The molecular weight excluding hydrogens is 216 g/mol. The summed E-state index contributed by atoms with van der Waals surface area (Å²) >= 11 is 0. The summed E-state index contributed by atoms with van der Waals surface area (Å²) in [4.78, 5) is 11.8. The minimum atomic E-state index is -0.457. The molecule has 0 saturated carbocycles. The zero-order chi connectivity index (χ0) is 12.9. The summed E-state index contributed by atoms with van der Waals surface area (Å²) in [6, 6.07) is 0. The normalized spacial score (nSPS) is 25.1. The number of piperidine rings is 1. The standard InChI is InChI=1S/C13H24N2O2/c1-5-7-13(8-6-9-14-10-13)15-11(16)17-12(2,3)4/h5,14H,1,6-10H2,2-4H3,(H,15,16). The summed E-state index contributed by atoms with van der Waals surface area (Å²) in [7, 11) is 0. The van der Waals surface area contributed by atoms with Crippen molar-refractivity contribution in [2.24, 2.45) is 0 Å². The summed E-state index contributed by atoms with van der Waals surface area (Å²) < 4.78 is 5.30. The van der Waals surface area contributed by atoms with E-state index in [0.29, 0.717) is 0 Å². The fourth-order valence-corrected chi connectivity index (χ4v) is 2.10. The van der Waals surface area contributed by atoms with E-state index in [2.05, 4.69) is 17.2 Å². The quantitative estimate of drug-likeness (QED) is 0.744. The van der Waals surface area contributed by atoms with E-state index in [1.54, 1.807) is 0 Å². The molecule has 4 nitrogen and oxygen atoms in total. The predicted molar refractivity (Wildman–Crippen MR) is 69.0 cm³/mol. The van der Waals surface area contributed by atoms with E-state index in [1.807, 2.05) is 26.8 Å². The number of hydrogen-bond acceptors (Lipinski definition) is 3. The number of hydrogen-bond donors (Lipinski definition) is 2. The van der Waals surface area contributed by atoms with Crippen LogP contribution in [0.1, 0.15) is 40.0 Å². The summed E-state index contributed by atoms with van der Waals surface area (Å²) in [6.45, 7) is 11.1. The van der Waals surface area contributed by atoms with Crippen LogP contribution < -0.4 is 10.6 Å². The second-order valence-corrected chi connectivity index (χ2v) is 5.68. The Morgan fingerprint density at radius 1 is 1.59 bits per heavy atom. The molecular formula is C13H24N2O2. The first-order valence-electron chi connectivity index (χ1n) is 6.20. The van der Waals surface area contributed by atoms with E-state index in [0.717, 1.165) is 32.4 Å². The summed E-state index contributed by atoms with van der Waals surface area (Å²) in [5, 5.41) is 6.31. The van der Waals surface area contributed by atoms with Crippen molar-refractivity contribution >= 4 is 6.09 Å². The molecule has 1 rings (SSSR count). The molecule has 1 amide bonds. The Balaban J connectivity index is 2.60. The van der Waals surface area contributed by atoms with Crippen molar-refractivity contribution < 1.29 is 9.53 Å². The monoisotopic (exact) mass is 240 g/mol. The molecule has 1 saturated heterocycles. The van der Waals surface area contributed by atoms with Crippen LogP contribution in [0.25, 0.3) is 0 Å². The molecule has 0 aliphatic carbocycles. The lowest BCUT2D eigenvalue weighted by atomic mass is 9.87. The van der Waals surface area contributed by atoms with Gasteiger partial charge in [0, 0.05) is 6.54 Å². The van der Waals surface area contributed by atoms with Gasteiger partial charge in [-0.2, -0.15) is 0 Å². The average molecular weight is 240 g/mol. The first kappa shape index (κ1) is 14.0. The molecule has 4 heteroatoms. The predicted octanol–water partition coefficient (Wildman–Crippen LogP) is 2.21. The van der Waals surface area contributed by atoms with E-state index < -0.39 is 5.60 Å². The lowest BCUT2D eigenvalue weighted by Crippen LogP contribution is -2.58. The van der Waals surface area contributed by atoms with Gasteiger partial charge in [0.2, 0.25) is 0 Å². The highest BCUT2D eigenvalue weighted by Crippen LogP contribution is 2.21. The lowest BCUT2D eigenvalue weighted by molar-refractivity contribution is 0.0436. The number of amides is 1. The third-order valence-electron chi connectivity index (χ3n) is 2.77. The highest BCUT2D eigenvalue weighted by molar-refractivity contribution is 5.69. The number of rotatable bonds is 3. The molecule has 17 heavy (non-hydrogen) atoms. The van der Waals surface area contributed by atoms with Crippen molar-refractivity contribution in [3.63, 3.8) is 0 Å². The lowest BCUT2D eigenvalue weighted by Gasteiger charge is -2.38. The van der Waals surface area contributed by atoms with Gasteiger partial charge in [-0.15, -0.1) is 6.58 Å². The zero-order valence-electron chi connectivity index (χ0n) is 11.1. The van der Waals surface area contributed by atoms with E-state index in [9.17, 15) is 4.79 Å². The van der Waals surface area contributed by atoms with Gasteiger partial charge in [0.1, 0.15) is 5.60 Å². The maximum absolute atomic E-state index is 11.8. The largest absolute Gasteiger partial charge is 0.444 e. The molecule has 0 aromatic carbocycles. The molecule has 0 radical (unpaired) electrons. The average Bonchev–Trinajstić information content (AvgIpc) is 2.15. The first-order chi connectivity index (χ1) is 7.87. The van der Waals surface area contributed by atoms with Gasteiger partial charge < -0.3 is 15.4 Å². The Bertz CT molecular complexity index is 276. The van der Waals surface area contributed by atoms with Crippen molar-refractivity contribution in [3.05, 3.63) is 12.7 Å². The third-order valence-corrected chi connectivity index (χ3v) is 2.77. The van der Waals surface area contributed by atoms with Crippen LogP contribution in [0.2, 0.25) is 0 Å². The third kappa shape index (κ3) is 4.77. The minimum absolute atomic E-state index is 0.234. The summed E-state index contributed by atoms with van der Waals surface area (Å²) in [6.07, 6.45) is 4.29. The highest BCUT2D eigenvalue weighted by Gasteiger charge is 2.33. The molecule has 0 bridgehead atoms. The Morgan fingerprint density at radius 3 is 2.76 bits per heavy atom. The van der Waals surface area contributed by atoms with Gasteiger partial charge in [0.05, 0.1) is 5.54 Å². The number of alkyl carbamates (subject to hydrolysis) is 1. The van der Waals surface area contributed by atoms with Gasteiger partial charge in [0.15, 0.2) is 0 Å². The van der Waals surface area contributed by atoms with Crippen LogP contribution in [-0.4, -0.2) is 30.3 Å². The Hall–Kier alpha value is -1.03.